The Morgan fingerprint density at radius 3 is 2.88 bits per heavy atom. The zero-order valence-electron chi connectivity index (χ0n) is 10.2. The first kappa shape index (κ1) is 11.3. The lowest BCUT2D eigenvalue weighted by Gasteiger charge is -2.14. The van der Waals surface area contributed by atoms with Crippen molar-refractivity contribution in [1.29, 1.82) is 0 Å². The highest BCUT2D eigenvalue weighted by atomic mass is 16.3. The number of anilines is 1. The van der Waals surface area contributed by atoms with Gasteiger partial charge in [-0.1, -0.05) is 0 Å². The fourth-order valence-corrected chi connectivity index (χ4v) is 2.37. The predicted octanol–water partition coefficient (Wildman–Crippen LogP) is 2.16. The largest absolute Gasteiger partial charge is 0.508 e. The fraction of sp³-hybridized carbons (Fsp3) is 0.538. The lowest BCUT2D eigenvalue weighted by molar-refractivity contribution is 0.385. The molecule has 1 aliphatic rings. The van der Waals surface area contributed by atoms with Crippen molar-refractivity contribution in [2.24, 2.45) is 0 Å². The van der Waals surface area contributed by atoms with Crippen LogP contribution in [0.4, 0.5) is 5.69 Å². The molecule has 0 aromatic heterocycles. The SMILES string of the molecule is Cc1cc(O)cc2c1NCC2CCN(C)C. The van der Waals surface area contributed by atoms with Crippen LogP contribution in [0.2, 0.25) is 0 Å². The molecule has 0 spiro atoms. The van der Waals surface area contributed by atoms with Gasteiger partial charge in [0.05, 0.1) is 0 Å². The van der Waals surface area contributed by atoms with Gasteiger partial charge in [-0.15, -0.1) is 0 Å². The third-order valence-corrected chi connectivity index (χ3v) is 3.24. The van der Waals surface area contributed by atoms with Crippen molar-refractivity contribution in [3.05, 3.63) is 23.3 Å². The topological polar surface area (TPSA) is 35.5 Å². The summed E-state index contributed by atoms with van der Waals surface area (Å²) < 4.78 is 0. The number of phenolic OH excluding ortho intramolecular Hbond substituents is 1. The number of nitrogens with zero attached hydrogens (tertiary/aromatic N) is 1. The molecule has 3 heteroatoms. The lowest BCUT2D eigenvalue weighted by atomic mass is 9.96. The molecule has 0 saturated carbocycles. The van der Waals surface area contributed by atoms with Gasteiger partial charge < -0.3 is 15.3 Å². The number of aromatic hydroxyl groups is 1. The summed E-state index contributed by atoms with van der Waals surface area (Å²) in [5, 5.41) is 13.1. The van der Waals surface area contributed by atoms with Gasteiger partial charge >= 0.3 is 0 Å². The van der Waals surface area contributed by atoms with Gasteiger partial charge in [0.25, 0.3) is 0 Å². The normalized spacial score (nSPS) is 18.6. The molecule has 0 bridgehead atoms. The van der Waals surface area contributed by atoms with Crippen molar-refractivity contribution in [3.8, 4) is 5.75 Å². The summed E-state index contributed by atoms with van der Waals surface area (Å²) in [7, 11) is 4.19. The van der Waals surface area contributed by atoms with Crippen molar-refractivity contribution in [2.45, 2.75) is 19.3 Å². The molecule has 3 nitrogen and oxygen atoms in total. The molecule has 0 fully saturated rings. The van der Waals surface area contributed by atoms with Crippen LogP contribution < -0.4 is 5.32 Å². The van der Waals surface area contributed by atoms with Crippen LogP contribution in [0, 0.1) is 6.92 Å². The maximum absolute atomic E-state index is 9.63. The molecule has 0 aliphatic carbocycles. The van der Waals surface area contributed by atoms with Crippen molar-refractivity contribution in [1.82, 2.24) is 4.90 Å². The van der Waals surface area contributed by atoms with Gasteiger partial charge in [-0.05, 0) is 57.2 Å². The van der Waals surface area contributed by atoms with Crippen molar-refractivity contribution in [2.75, 3.05) is 32.5 Å². The molecule has 1 atom stereocenters. The van der Waals surface area contributed by atoms with Gasteiger partial charge in [0, 0.05) is 18.2 Å². The number of nitrogens with one attached hydrogen (secondary N) is 1. The van der Waals surface area contributed by atoms with E-state index in [0.29, 0.717) is 11.7 Å². The minimum Gasteiger partial charge on any atom is -0.508 e. The first-order valence-electron chi connectivity index (χ1n) is 5.80. The number of phenols is 1. The number of hydrogen-bond donors (Lipinski definition) is 2. The molecule has 1 aromatic rings. The van der Waals surface area contributed by atoms with E-state index in [-0.39, 0.29) is 0 Å². The van der Waals surface area contributed by atoms with Gasteiger partial charge in [0.15, 0.2) is 0 Å². The van der Waals surface area contributed by atoms with E-state index in [9.17, 15) is 5.11 Å². The Kier molecular flexibility index (Phi) is 3.06. The van der Waals surface area contributed by atoms with Crippen LogP contribution in [0.1, 0.15) is 23.5 Å². The van der Waals surface area contributed by atoms with E-state index < -0.39 is 0 Å². The van der Waals surface area contributed by atoms with Gasteiger partial charge in [0.2, 0.25) is 0 Å². The summed E-state index contributed by atoms with van der Waals surface area (Å²) in [5.74, 6) is 0.915. The van der Waals surface area contributed by atoms with E-state index in [0.717, 1.165) is 25.1 Å². The maximum Gasteiger partial charge on any atom is 0.116 e. The molecule has 1 unspecified atom stereocenters. The van der Waals surface area contributed by atoms with Crippen molar-refractivity contribution < 1.29 is 5.11 Å². The third kappa shape index (κ3) is 2.14. The molecule has 2 N–H and O–H groups in total. The quantitative estimate of drug-likeness (QED) is 0.766. The van der Waals surface area contributed by atoms with Crippen LogP contribution in [-0.4, -0.2) is 37.2 Å². The Hall–Kier alpha value is -1.22. The second-order valence-electron chi connectivity index (χ2n) is 4.90. The van der Waals surface area contributed by atoms with Crippen LogP contribution in [0.3, 0.4) is 0 Å². The summed E-state index contributed by atoms with van der Waals surface area (Å²) in [5.41, 5.74) is 3.64. The first-order chi connectivity index (χ1) is 7.58. The van der Waals surface area contributed by atoms with Crippen LogP contribution in [0.25, 0.3) is 0 Å². The molecule has 1 aliphatic heterocycles. The Morgan fingerprint density at radius 2 is 2.19 bits per heavy atom. The molecule has 0 amide bonds. The van der Waals surface area contributed by atoms with Crippen LogP contribution >= 0.6 is 0 Å². The third-order valence-electron chi connectivity index (χ3n) is 3.24. The summed E-state index contributed by atoms with van der Waals surface area (Å²) in [6.45, 7) is 4.12. The second-order valence-corrected chi connectivity index (χ2v) is 4.90. The Morgan fingerprint density at radius 1 is 1.44 bits per heavy atom. The van der Waals surface area contributed by atoms with E-state index >= 15 is 0 Å². The van der Waals surface area contributed by atoms with Gasteiger partial charge in [-0.25, -0.2) is 0 Å². The average molecular weight is 220 g/mol. The molecular weight excluding hydrogens is 200 g/mol. The van der Waals surface area contributed by atoms with Crippen LogP contribution in [0.15, 0.2) is 12.1 Å². The van der Waals surface area contributed by atoms with E-state index in [2.05, 4.69) is 24.3 Å². The van der Waals surface area contributed by atoms with Crippen LogP contribution in [0.5, 0.6) is 5.75 Å². The number of fused-ring (bicyclic) bond motifs is 1. The maximum atomic E-state index is 9.63. The molecular formula is C13H20N2O. The van der Waals surface area contributed by atoms with Gasteiger partial charge in [0.1, 0.15) is 5.75 Å². The summed E-state index contributed by atoms with van der Waals surface area (Å²) in [4.78, 5) is 2.20. The zero-order valence-corrected chi connectivity index (χ0v) is 10.2. The van der Waals surface area contributed by atoms with E-state index in [1.165, 1.54) is 11.3 Å². The van der Waals surface area contributed by atoms with Crippen molar-refractivity contribution >= 4 is 5.69 Å². The highest BCUT2D eigenvalue weighted by molar-refractivity contribution is 5.64. The van der Waals surface area contributed by atoms with Crippen LogP contribution in [-0.2, 0) is 0 Å². The number of benzene rings is 1. The molecule has 2 rings (SSSR count). The van der Waals surface area contributed by atoms with E-state index in [1.54, 1.807) is 0 Å². The zero-order chi connectivity index (χ0) is 11.7. The smallest absolute Gasteiger partial charge is 0.116 e. The molecule has 1 aromatic carbocycles. The molecule has 0 saturated heterocycles. The summed E-state index contributed by atoms with van der Waals surface area (Å²) >= 11 is 0. The second kappa shape index (κ2) is 4.34. The first-order valence-corrected chi connectivity index (χ1v) is 5.80. The fourth-order valence-electron chi connectivity index (χ4n) is 2.37. The monoisotopic (exact) mass is 220 g/mol. The summed E-state index contributed by atoms with van der Waals surface area (Å²) in [6.07, 6.45) is 1.13. The standard InChI is InChI=1S/C13H20N2O/c1-9-6-11(16)7-12-10(4-5-15(2)3)8-14-13(9)12/h6-7,10,14,16H,4-5,8H2,1-3H3. The molecule has 0 radical (unpaired) electrons. The lowest BCUT2D eigenvalue weighted by Crippen LogP contribution is -2.16. The molecule has 16 heavy (non-hydrogen) atoms. The number of hydrogen-bond acceptors (Lipinski definition) is 3. The van der Waals surface area contributed by atoms with Gasteiger partial charge in [-0.2, -0.15) is 0 Å². The average Bonchev–Trinajstić information content (AvgIpc) is 2.58. The Labute approximate surface area is 97.1 Å². The number of rotatable bonds is 3. The molecule has 1 heterocycles. The minimum atomic E-state index is 0.384. The highest BCUT2D eigenvalue weighted by Gasteiger charge is 2.23. The highest BCUT2D eigenvalue weighted by Crippen LogP contribution is 2.38. The van der Waals surface area contributed by atoms with E-state index in [4.69, 9.17) is 0 Å². The Balaban J connectivity index is 2.19. The molecule has 88 valence electrons. The minimum absolute atomic E-state index is 0.384. The van der Waals surface area contributed by atoms with E-state index in [1.807, 2.05) is 19.1 Å². The Bertz CT molecular complexity index is 388. The predicted molar refractivity (Wildman–Crippen MR) is 67.2 cm³/mol. The van der Waals surface area contributed by atoms with Gasteiger partial charge in [-0.3, -0.25) is 0 Å². The summed E-state index contributed by atoms with van der Waals surface area (Å²) in [6, 6.07) is 3.73. The number of aryl methyl sites for hydroxylation is 1. The van der Waals surface area contributed by atoms with Crippen molar-refractivity contribution in [3.63, 3.8) is 0 Å².